The lowest BCUT2D eigenvalue weighted by Crippen LogP contribution is -2.41. The van der Waals surface area contributed by atoms with E-state index in [0.29, 0.717) is 30.5 Å². The number of anilines is 2. The smallest absolute Gasteiger partial charge is 0.333 e. The average molecular weight is 443 g/mol. The fraction of sp³-hybridized carbons (Fsp3) is 0.429. The van der Waals surface area contributed by atoms with Crippen LogP contribution in [0.15, 0.2) is 27.8 Å². The third kappa shape index (κ3) is 3.39. The first-order valence-corrected chi connectivity index (χ1v) is 10.3. The van der Waals surface area contributed by atoms with Gasteiger partial charge in [-0.25, -0.2) is 9.36 Å². The van der Waals surface area contributed by atoms with Gasteiger partial charge in [0.1, 0.15) is 18.0 Å². The summed E-state index contributed by atoms with van der Waals surface area (Å²) < 4.78 is 19.7. The monoisotopic (exact) mass is 443 g/mol. The van der Waals surface area contributed by atoms with E-state index in [0.717, 1.165) is 16.7 Å². The van der Waals surface area contributed by atoms with Crippen LogP contribution in [0.4, 0.5) is 11.6 Å². The van der Waals surface area contributed by atoms with E-state index in [-0.39, 0.29) is 17.8 Å². The number of aromatic nitrogens is 4. The Morgan fingerprint density at radius 1 is 1.16 bits per heavy atom. The van der Waals surface area contributed by atoms with Crippen LogP contribution in [0.2, 0.25) is 0 Å². The number of benzene rings is 1. The topological polar surface area (TPSA) is 110 Å². The summed E-state index contributed by atoms with van der Waals surface area (Å²) in [6.07, 6.45) is 0.744. The van der Waals surface area contributed by atoms with Gasteiger partial charge in [0.2, 0.25) is 5.95 Å². The summed E-state index contributed by atoms with van der Waals surface area (Å²) in [5, 5.41) is 0. The number of carbonyl (C=O) groups excluding carboxylic acids is 1. The summed E-state index contributed by atoms with van der Waals surface area (Å²) >= 11 is 0. The van der Waals surface area contributed by atoms with Crippen LogP contribution < -0.4 is 25.6 Å². The number of rotatable bonds is 6. The Labute approximate surface area is 183 Å². The summed E-state index contributed by atoms with van der Waals surface area (Å²) in [4.78, 5) is 44.6. The molecule has 170 valence electrons. The lowest BCUT2D eigenvalue weighted by atomic mass is 10.2. The normalized spacial score (nSPS) is 13.2. The maximum Gasteiger partial charge on any atom is 0.333 e. The zero-order valence-electron chi connectivity index (χ0n) is 18.5. The fourth-order valence-corrected chi connectivity index (χ4v) is 3.98. The minimum Gasteiger partial charge on any atom is -0.497 e. The second-order valence-corrected chi connectivity index (χ2v) is 7.32. The molecule has 0 saturated carbocycles. The van der Waals surface area contributed by atoms with E-state index in [1.54, 1.807) is 31.8 Å². The Morgan fingerprint density at radius 3 is 2.62 bits per heavy atom. The van der Waals surface area contributed by atoms with Gasteiger partial charge in [0, 0.05) is 26.2 Å². The minimum atomic E-state index is -0.644. The molecule has 0 radical (unpaired) electrons. The van der Waals surface area contributed by atoms with Gasteiger partial charge in [-0.15, -0.1) is 0 Å². The summed E-state index contributed by atoms with van der Waals surface area (Å²) in [6.45, 7) is 2.57. The van der Waals surface area contributed by atoms with Gasteiger partial charge in [0.25, 0.3) is 5.56 Å². The number of carbonyl (C=O) groups is 1. The van der Waals surface area contributed by atoms with Crippen molar-refractivity contribution in [2.45, 2.75) is 26.4 Å². The van der Waals surface area contributed by atoms with Crippen LogP contribution in [0.25, 0.3) is 11.2 Å². The van der Waals surface area contributed by atoms with E-state index in [1.165, 1.54) is 11.6 Å². The van der Waals surface area contributed by atoms with E-state index in [1.807, 2.05) is 17.0 Å². The number of hydrogen-bond donors (Lipinski definition) is 0. The number of aryl methyl sites for hydroxylation is 2. The first-order valence-electron chi connectivity index (χ1n) is 10.3. The molecule has 0 atom stereocenters. The highest BCUT2D eigenvalue weighted by atomic mass is 16.5. The number of nitrogens with zero attached hydrogens (tertiary/aromatic N) is 5. The molecular weight excluding hydrogens is 418 g/mol. The molecule has 1 aliphatic heterocycles. The van der Waals surface area contributed by atoms with Crippen molar-refractivity contribution in [3.05, 3.63) is 39.0 Å². The zero-order valence-corrected chi connectivity index (χ0v) is 18.5. The highest BCUT2D eigenvalue weighted by Crippen LogP contribution is 2.38. The lowest BCUT2D eigenvalue weighted by Gasteiger charge is -2.30. The molecule has 0 saturated heterocycles. The van der Waals surface area contributed by atoms with Gasteiger partial charge >= 0.3 is 11.7 Å². The highest BCUT2D eigenvalue weighted by Gasteiger charge is 2.29. The largest absolute Gasteiger partial charge is 0.497 e. The molecule has 0 bridgehead atoms. The second-order valence-electron chi connectivity index (χ2n) is 7.32. The van der Waals surface area contributed by atoms with Gasteiger partial charge in [-0.05, 0) is 25.5 Å². The van der Waals surface area contributed by atoms with Gasteiger partial charge in [-0.2, -0.15) is 4.98 Å². The Kier molecular flexibility index (Phi) is 5.64. The van der Waals surface area contributed by atoms with Gasteiger partial charge in [-0.3, -0.25) is 14.2 Å². The SMILES string of the molecule is CCOC(=O)Cn1c(=O)c2c(nc3n2CCCN3c2ccc(OC)cc2OC)n(C)c1=O. The predicted molar refractivity (Wildman–Crippen MR) is 117 cm³/mol. The van der Waals surface area contributed by atoms with E-state index < -0.39 is 23.8 Å². The van der Waals surface area contributed by atoms with Crippen LogP contribution in [0.1, 0.15) is 13.3 Å². The number of imidazole rings is 1. The standard InChI is InChI=1S/C21H25N5O6/c1-5-32-16(27)12-26-19(28)17-18(23(2)21(26)29)22-20-24(9-6-10-25(17)20)14-8-7-13(30-3)11-15(14)31-4/h7-8,11H,5-6,9-10,12H2,1-4H3. The molecule has 3 heterocycles. The summed E-state index contributed by atoms with van der Waals surface area (Å²) in [5.74, 6) is 1.13. The maximum atomic E-state index is 13.2. The molecule has 2 aromatic heterocycles. The van der Waals surface area contributed by atoms with Crippen LogP contribution in [-0.2, 0) is 29.7 Å². The number of ether oxygens (including phenoxy) is 3. The van der Waals surface area contributed by atoms with Gasteiger partial charge in [0.15, 0.2) is 11.2 Å². The van der Waals surface area contributed by atoms with Crippen LogP contribution in [0.3, 0.4) is 0 Å². The quantitative estimate of drug-likeness (QED) is 0.520. The molecule has 0 amide bonds. The number of methoxy groups -OCH3 is 2. The molecule has 1 aromatic carbocycles. The zero-order chi connectivity index (χ0) is 23.0. The number of hydrogen-bond acceptors (Lipinski definition) is 8. The van der Waals surface area contributed by atoms with Crippen molar-refractivity contribution < 1.29 is 19.0 Å². The van der Waals surface area contributed by atoms with E-state index in [2.05, 4.69) is 4.98 Å². The molecule has 1 aliphatic rings. The Balaban J connectivity index is 1.90. The van der Waals surface area contributed by atoms with Crippen molar-refractivity contribution in [3.63, 3.8) is 0 Å². The van der Waals surface area contributed by atoms with Crippen LogP contribution >= 0.6 is 0 Å². The number of esters is 1. The fourth-order valence-electron chi connectivity index (χ4n) is 3.98. The molecule has 3 aromatic rings. The number of fused-ring (bicyclic) bond motifs is 3. The molecule has 11 nitrogen and oxygen atoms in total. The van der Waals surface area contributed by atoms with E-state index in [4.69, 9.17) is 14.2 Å². The van der Waals surface area contributed by atoms with Crippen LogP contribution in [-0.4, -0.2) is 52.0 Å². The van der Waals surface area contributed by atoms with Crippen molar-refractivity contribution in [2.24, 2.45) is 7.05 Å². The Hall–Kier alpha value is -3.76. The van der Waals surface area contributed by atoms with Crippen LogP contribution in [0, 0.1) is 0 Å². The predicted octanol–water partition coefficient (Wildman–Crippen LogP) is 1.02. The molecule has 0 N–H and O–H groups in total. The highest BCUT2D eigenvalue weighted by molar-refractivity contribution is 5.79. The molecule has 0 unspecified atom stereocenters. The lowest BCUT2D eigenvalue weighted by molar-refractivity contribution is -0.143. The van der Waals surface area contributed by atoms with Gasteiger partial charge in [-0.1, -0.05) is 0 Å². The van der Waals surface area contributed by atoms with Crippen molar-refractivity contribution in [2.75, 3.05) is 32.3 Å². The molecule has 11 heteroatoms. The van der Waals surface area contributed by atoms with Gasteiger partial charge < -0.3 is 23.7 Å². The van der Waals surface area contributed by atoms with Crippen molar-refractivity contribution in [3.8, 4) is 11.5 Å². The molecule has 0 fully saturated rings. The molecule has 32 heavy (non-hydrogen) atoms. The Morgan fingerprint density at radius 2 is 1.94 bits per heavy atom. The van der Waals surface area contributed by atoms with Gasteiger partial charge in [0.05, 0.1) is 26.5 Å². The van der Waals surface area contributed by atoms with E-state index >= 15 is 0 Å². The Bertz CT molecular complexity index is 1300. The maximum absolute atomic E-state index is 13.2. The third-order valence-corrected chi connectivity index (χ3v) is 5.49. The molecule has 4 rings (SSSR count). The van der Waals surface area contributed by atoms with Crippen molar-refractivity contribution in [1.82, 2.24) is 18.7 Å². The first-order chi connectivity index (χ1) is 15.4. The minimum absolute atomic E-state index is 0.164. The first kappa shape index (κ1) is 21.5. The summed E-state index contributed by atoms with van der Waals surface area (Å²) in [5.41, 5.74) is 0.0949. The average Bonchev–Trinajstić information content (AvgIpc) is 3.20. The van der Waals surface area contributed by atoms with Crippen molar-refractivity contribution >= 4 is 28.8 Å². The third-order valence-electron chi connectivity index (χ3n) is 5.49. The van der Waals surface area contributed by atoms with E-state index in [9.17, 15) is 14.4 Å². The molecule has 0 aliphatic carbocycles. The van der Waals surface area contributed by atoms with Crippen molar-refractivity contribution in [1.29, 1.82) is 0 Å². The second kappa shape index (κ2) is 8.40. The molecular formula is C21H25N5O6. The van der Waals surface area contributed by atoms with Crippen LogP contribution in [0.5, 0.6) is 11.5 Å². The molecule has 0 spiro atoms. The summed E-state index contributed by atoms with van der Waals surface area (Å²) in [6, 6.07) is 5.46. The summed E-state index contributed by atoms with van der Waals surface area (Å²) in [7, 11) is 4.68.